The second-order valence-corrected chi connectivity index (χ2v) is 5.64. The predicted octanol–water partition coefficient (Wildman–Crippen LogP) is 4.49. The van der Waals surface area contributed by atoms with Gasteiger partial charge in [0.05, 0.1) is 6.61 Å². The quantitative estimate of drug-likeness (QED) is 0.337. The summed E-state index contributed by atoms with van der Waals surface area (Å²) in [4.78, 5) is 0. The molecule has 0 aromatic carbocycles. The van der Waals surface area contributed by atoms with Gasteiger partial charge in [-0.3, -0.25) is 4.57 Å². The molecule has 0 heterocycles. The summed E-state index contributed by atoms with van der Waals surface area (Å²) in [5.74, 6) is 0.609. The maximum absolute atomic E-state index is 11.6. The van der Waals surface area contributed by atoms with Crippen LogP contribution in [-0.4, -0.2) is 12.8 Å². The average molecular weight is 293 g/mol. The van der Waals surface area contributed by atoms with Gasteiger partial charge in [0.2, 0.25) is 0 Å². The normalized spacial score (nSPS) is 14.2. The van der Waals surface area contributed by atoms with E-state index in [2.05, 4.69) is 20.8 Å². The van der Waals surface area contributed by atoms with Gasteiger partial charge in [-0.25, -0.2) is 0 Å². The van der Waals surface area contributed by atoms with Crippen LogP contribution >= 0.6 is 8.03 Å². The number of rotatable bonds is 10. The van der Waals surface area contributed by atoms with Crippen LogP contribution in [0, 0.1) is 5.92 Å². The van der Waals surface area contributed by atoms with E-state index in [1.807, 2.05) is 0 Å². The minimum atomic E-state index is -1.75. The molecule has 0 saturated heterocycles. The van der Waals surface area contributed by atoms with Gasteiger partial charge in [-0.05, 0) is 18.8 Å². The maximum Gasteiger partial charge on any atom is 0.191 e. The standard InChI is InChI=1S/C12H27O2P.Ni/c1-4-7-9-12(6-3)11-15(13)14-10-8-5-2;/h12,15H,4-11H2,1-3H3;. The third kappa shape index (κ3) is 11.2. The minimum absolute atomic E-state index is 0. The Labute approximate surface area is 112 Å². The largest absolute Gasteiger partial charge is 0.330 e. The van der Waals surface area contributed by atoms with Crippen LogP contribution in [0.25, 0.3) is 0 Å². The van der Waals surface area contributed by atoms with E-state index in [0.29, 0.717) is 12.5 Å². The van der Waals surface area contributed by atoms with Gasteiger partial charge < -0.3 is 4.52 Å². The SMILES string of the molecule is CCCCO[PH](=O)CC(CC)CCCC.[Ni]. The van der Waals surface area contributed by atoms with Gasteiger partial charge in [-0.2, -0.15) is 0 Å². The maximum atomic E-state index is 11.6. The molecule has 0 amide bonds. The van der Waals surface area contributed by atoms with Gasteiger partial charge >= 0.3 is 0 Å². The van der Waals surface area contributed by atoms with E-state index in [4.69, 9.17) is 4.52 Å². The second-order valence-electron chi connectivity index (χ2n) is 4.19. The van der Waals surface area contributed by atoms with Crippen LogP contribution in [0.15, 0.2) is 0 Å². The van der Waals surface area contributed by atoms with Crippen molar-refractivity contribution in [2.45, 2.75) is 59.3 Å². The molecule has 2 nitrogen and oxygen atoms in total. The number of unbranched alkanes of at least 4 members (excludes halogenated alkanes) is 2. The van der Waals surface area contributed by atoms with E-state index in [1.54, 1.807) is 0 Å². The third-order valence-electron chi connectivity index (χ3n) is 2.76. The van der Waals surface area contributed by atoms with E-state index in [0.717, 1.165) is 25.4 Å². The van der Waals surface area contributed by atoms with Crippen LogP contribution in [0.4, 0.5) is 0 Å². The predicted molar refractivity (Wildman–Crippen MR) is 68.0 cm³/mol. The molecule has 0 aliphatic carbocycles. The Bertz CT molecular complexity index is 165. The van der Waals surface area contributed by atoms with Crippen molar-refractivity contribution in [1.29, 1.82) is 0 Å². The van der Waals surface area contributed by atoms with Gasteiger partial charge in [0, 0.05) is 22.7 Å². The minimum Gasteiger partial charge on any atom is -0.330 e. The fraction of sp³-hybridized carbons (Fsp3) is 1.00. The van der Waals surface area contributed by atoms with Crippen LogP contribution < -0.4 is 0 Å². The van der Waals surface area contributed by atoms with Crippen molar-refractivity contribution in [2.75, 3.05) is 12.8 Å². The van der Waals surface area contributed by atoms with Crippen molar-refractivity contribution in [3.05, 3.63) is 0 Å². The molecule has 16 heavy (non-hydrogen) atoms. The topological polar surface area (TPSA) is 26.3 Å². The fourth-order valence-electron chi connectivity index (χ4n) is 1.57. The molecule has 0 aliphatic rings. The van der Waals surface area contributed by atoms with E-state index in [9.17, 15) is 4.57 Å². The molecule has 0 N–H and O–H groups in total. The Morgan fingerprint density at radius 1 is 1.12 bits per heavy atom. The summed E-state index contributed by atoms with van der Waals surface area (Å²) >= 11 is 0. The second kappa shape index (κ2) is 13.7. The zero-order chi connectivity index (χ0) is 11.5. The summed E-state index contributed by atoms with van der Waals surface area (Å²) in [6.45, 7) is 7.18. The molecule has 0 radical (unpaired) electrons. The summed E-state index contributed by atoms with van der Waals surface area (Å²) in [6, 6.07) is 0. The fourth-order valence-corrected chi connectivity index (χ4v) is 3.02. The Kier molecular flexibility index (Phi) is 16.4. The molecular formula is C12H27NiO2P. The molecule has 0 aromatic rings. The van der Waals surface area contributed by atoms with Crippen molar-refractivity contribution in [3.63, 3.8) is 0 Å². The Morgan fingerprint density at radius 3 is 2.25 bits per heavy atom. The van der Waals surface area contributed by atoms with E-state index >= 15 is 0 Å². The molecule has 0 aromatic heterocycles. The zero-order valence-corrected chi connectivity index (χ0v) is 12.9. The Balaban J connectivity index is 0. The Hall–Kier alpha value is 0.684. The van der Waals surface area contributed by atoms with Crippen molar-refractivity contribution in [1.82, 2.24) is 0 Å². The van der Waals surface area contributed by atoms with Crippen LogP contribution in [0.2, 0.25) is 0 Å². The average Bonchev–Trinajstić information content (AvgIpc) is 2.24. The molecule has 0 aliphatic heterocycles. The van der Waals surface area contributed by atoms with Crippen molar-refractivity contribution in [2.24, 2.45) is 5.92 Å². The van der Waals surface area contributed by atoms with Crippen LogP contribution in [-0.2, 0) is 25.6 Å². The smallest absolute Gasteiger partial charge is 0.191 e. The van der Waals surface area contributed by atoms with Crippen molar-refractivity contribution >= 4 is 8.03 Å². The molecule has 2 unspecified atom stereocenters. The first-order valence-corrected chi connectivity index (χ1v) is 7.92. The molecule has 4 heteroatoms. The van der Waals surface area contributed by atoms with E-state index in [1.165, 1.54) is 19.3 Å². The van der Waals surface area contributed by atoms with Gasteiger partial charge in [-0.15, -0.1) is 0 Å². The summed E-state index contributed by atoms with van der Waals surface area (Å²) in [6.07, 6.45) is 7.76. The first-order chi connectivity index (χ1) is 7.24. The van der Waals surface area contributed by atoms with Crippen LogP contribution in [0.3, 0.4) is 0 Å². The van der Waals surface area contributed by atoms with Gasteiger partial charge in [-0.1, -0.05) is 46.5 Å². The summed E-state index contributed by atoms with van der Waals surface area (Å²) in [7, 11) is -1.75. The van der Waals surface area contributed by atoms with Gasteiger partial charge in [0.15, 0.2) is 8.03 Å². The number of hydrogen-bond acceptors (Lipinski definition) is 2. The van der Waals surface area contributed by atoms with E-state index < -0.39 is 8.03 Å². The molecule has 2 atom stereocenters. The molecule has 0 fully saturated rings. The number of hydrogen-bond donors (Lipinski definition) is 0. The molecular weight excluding hydrogens is 266 g/mol. The van der Waals surface area contributed by atoms with Crippen LogP contribution in [0.1, 0.15) is 59.3 Å². The summed E-state index contributed by atoms with van der Waals surface area (Å²) in [5, 5.41) is 0. The first kappa shape index (κ1) is 19.0. The van der Waals surface area contributed by atoms with Gasteiger partial charge in [0.25, 0.3) is 0 Å². The molecule has 0 bridgehead atoms. The van der Waals surface area contributed by atoms with Crippen molar-refractivity contribution in [3.8, 4) is 0 Å². The summed E-state index contributed by atoms with van der Waals surface area (Å²) in [5.41, 5.74) is 0. The molecule has 102 valence electrons. The third-order valence-corrected chi connectivity index (χ3v) is 4.20. The van der Waals surface area contributed by atoms with Crippen LogP contribution in [0.5, 0.6) is 0 Å². The van der Waals surface area contributed by atoms with E-state index in [-0.39, 0.29) is 16.5 Å². The monoisotopic (exact) mass is 292 g/mol. The molecule has 0 spiro atoms. The first-order valence-electron chi connectivity index (χ1n) is 6.40. The summed E-state index contributed by atoms with van der Waals surface area (Å²) < 4.78 is 17.0. The zero-order valence-electron chi connectivity index (χ0n) is 10.9. The van der Waals surface area contributed by atoms with Gasteiger partial charge in [0.1, 0.15) is 0 Å². The van der Waals surface area contributed by atoms with Crippen molar-refractivity contribution < 1.29 is 25.6 Å². The Morgan fingerprint density at radius 2 is 1.75 bits per heavy atom. The molecule has 0 rings (SSSR count). The molecule has 0 saturated carbocycles.